The third kappa shape index (κ3) is 7.68. The predicted molar refractivity (Wildman–Crippen MR) is 143 cm³/mol. The summed E-state index contributed by atoms with van der Waals surface area (Å²) in [6.45, 7) is 18.4. The summed E-state index contributed by atoms with van der Waals surface area (Å²) in [6, 6.07) is 0. The van der Waals surface area contributed by atoms with Crippen LogP contribution in [0.4, 0.5) is 0 Å². The number of esters is 1. The van der Waals surface area contributed by atoms with Gasteiger partial charge in [-0.15, -0.1) is 0 Å². The van der Waals surface area contributed by atoms with Crippen LogP contribution in [-0.2, 0) is 9.53 Å². The third-order valence-corrected chi connectivity index (χ3v) is 9.61. The Labute approximate surface area is 220 Å². The summed E-state index contributed by atoms with van der Waals surface area (Å²) in [5.41, 5.74) is -3.75. The maximum absolute atomic E-state index is 13.1. The monoisotopic (exact) mass is 512 g/mol. The molecule has 7 atom stereocenters. The molecule has 2 aliphatic rings. The highest BCUT2D eigenvalue weighted by molar-refractivity contribution is 5.72. The number of ether oxygens (including phenoxy) is 1. The van der Waals surface area contributed by atoms with E-state index >= 15 is 0 Å². The Morgan fingerprint density at radius 2 is 1.03 bits per heavy atom. The predicted octanol–water partition coefficient (Wildman–Crippen LogP) is 5.09. The molecule has 0 aromatic rings. The van der Waals surface area contributed by atoms with Crippen LogP contribution in [0, 0.1) is 41.4 Å². The smallest absolute Gasteiger partial charge is 0.308 e. The maximum atomic E-state index is 13.1. The van der Waals surface area contributed by atoms with Crippen LogP contribution >= 0.6 is 0 Å². The van der Waals surface area contributed by atoms with Gasteiger partial charge in [0.1, 0.15) is 6.10 Å². The molecule has 0 aromatic heterocycles. The molecule has 0 aromatic carbocycles. The van der Waals surface area contributed by atoms with Crippen LogP contribution in [0.3, 0.4) is 0 Å². The minimum absolute atomic E-state index is 0.0466. The van der Waals surface area contributed by atoms with Crippen molar-refractivity contribution in [2.24, 2.45) is 41.4 Å². The van der Waals surface area contributed by atoms with Crippen LogP contribution in [0.5, 0.6) is 0 Å². The lowest BCUT2D eigenvalue weighted by Crippen LogP contribution is -2.53. The molecule has 0 spiro atoms. The number of aliphatic hydroxyl groups is 4. The van der Waals surface area contributed by atoms with Gasteiger partial charge in [0.15, 0.2) is 0 Å². The molecule has 2 aliphatic carbocycles. The SMILES string of the molecule is CCC(C)C(=O)OC(C1CCC(C(C)(C)O)C(C(C)(C)O)C1)C1CCC(C(C)(C)O)C(C(C)(C)O)C1. The first-order chi connectivity index (χ1) is 16.2. The fourth-order valence-corrected chi connectivity index (χ4v) is 7.25. The molecular weight excluding hydrogens is 456 g/mol. The molecule has 2 fully saturated rings. The van der Waals surface area contributed by atoms with Crippen molar-refractivity contribution in [3.8, 4) is 0 Å². The zero-order valence-corrected chi connectivity index (χ0v) is 24.7. The largest absolute Gasteiger partial charge is 0.462 e. The fraction of sp³-hybridized carbons (Fsp3) is 0.967. The van der Waals surface area contributed by atoms with Crippen LogP contribution in [0.25, 0.3) is 0 Å². The van der Waals surface area contributed by atoms with E-state index in [4.69, 9.17) is 4.74 Å². The van der Waals surface area contributed by atoms with E-state index in [-0.39, 0.29) is 53.5 Å². The second-order valence-corrected chi connectivity index (χ2v) is 14.4. The fourth-order valence-electron chi connectivity index (χ4n) is 7.25. The van der Waals surface area contributed by atoms with E-state index in [0.29, 0.717) is 19.3 Å². The summed E-state index contributed by atoms with van der Waals surface area (Å²) in [4.78, 5) is 13.1. The zero-order valence-electron chi connectivity index (χ0n) is 24.7. The molecule has 0 aliphatic heterocycles. The third-order valence-electron chi connectivity index (χ3n) is 9.61. The van der Waals surface area contributed by atoms with Crippen LogP contribution in [0.15, 0.2) is 0 Å². The lowest BCUT2D eigenvalue weighted by molar-refractivity contribution is -0.174. The first kappa shape index (κ1) is 31.5. The molecule has 4 N–H and O–H groups in total. The lowest BCUT2D eigenvalue weighted by Gasteiger charge is -2.51. The summed E-state index contributed by atoms with van der Waals surface area (Å²) in [6.07, 6.45) is 4.90. The van der Waals surface area contributed by atoms with Crippen molar-refractivity contribution in [2.45, 2.75) is 143 Å². The summed E-state index contributed by atoms with van der Waals surface area (Å²) in [5.74, 6) is -0.583. The number of hydrogen-bond acceptors (Lipinski definition) is 6. The Bertz CT molecular complexity index is 670. The van der Waals surface area contributed by atoms with Gasteiger partial charge in [-0.1, -0.05) is 13.8 Å². The van der Waals surface area contributed by atoms with Crippen LogP contribution < -0.4 is 0 Å². The average molecular weight is 513 g/mol. The van der Waals surface area contributed by atoms with Gasteiger partial charge in [-0.2, -0.15) is 0 Å². The van der Waals surface area contributed by atoms with Gasteiger partial charge in [-0.05, 0) is 136 Å². The number of rotatable bonds is 9. The minimum Gasteiger partial charge on any atom is -0.462 e. The van der Waals surface area contributed by atoms with E-state index in [1.807, 2.05) is 69.2 Å². The molecule has 36 heavy (non-hydrogen) atoms. The van der Waals surface area contributed by atoms with Crippen molar-refractivity contribution in [1.82, 2.24) is 0 Å². The van der Waals surface area contributed by atoms with Crippen molar-refractivity contribution in [3.05, 3.63) is 0 Å². The first-order valence-corrected chi connectivity index (χ1v) is 14.3. The number of carbonyl (C=O) groups is 1. The lowest BCUT2D eigenvalue weighted by atomic mass is 9.58. The molecule has 2 saturated carbocycles. The number of carbonyl (C=O) groups excluding carboxylic acids is 1. The van der Waals surface area contributed by atoms with Crippen LogP contribution in [-0.4, -0.2) is 54.9 Å². The second kappa shape index (κ2) is 11.2. The summed E-state index contributed by atoms with van der Waals surface area (Å²) in [5, 5.41) is 43.9. The molecule has 0 bridgehead atoms. The van der Waals surface area contributed by atoms with Crippen LogP contribution in [0.2, 0.25) is 0 Å². The second-order valence-electron chi connectivity index (χ2n) is 14.4. The minimum atomic E-state index is -0.969. The molecule has 2 rings (SSSR count). The van der Waals surface area contributed by atoms with Gasteiger partial charge < -0.3 is 25.2 Å². The van der Waals surface area contributed by atoms with Crippen molar-refractivity contribution in [2.75, 3.05) is 0 Å². The van der Waals surface area contributed by atoms with Gasteiger partial charge in [0.2, 0.25) is 0 Å². The quantitative estimate of drug-likeness (QED) is 0.321. The molecule has 6 heteroatoms. The standard InChI is InChI=1S/C30H56O6/c1-11-18(2)26(31)36-25(19-12-14-21(27(3,4)32)23(16-19)29(7,8)34)20-13-15-22(28(5,6)33)24(17-20)30(9,10)35/h18-25,32-35H,11-17H2,1-10H3. The Kier molecular flexibility index (Phi) is 9.81. The Hall–Kier alpha value is -0.690. The Morgan fingerprint density at radius 1 is 0.694 bits per heavy atom. The molecule has 7 unspecified atom stereocenters. The highest BCUT2D eigenvalue weighted by Gasteiger charge is 2.51. The first-order valence-electron chi connectivity index (χ1n) is 14.3. The van der Waals surface area contributed by atoms with E-state index in [2.05, 4.69) is 0 Å². The number of hydrogen-bond donors (Lipinski definition) is 4. The molecule has 0 saturated heterocycles. The molecular formula is C30H56O6. The normalized spacial score (nSPS) is 32.6. The maximum Gasteiger partial charge on any atom is 0.308 e. The van der Waals surface area contributed by atoms with E-state index in [0.717, 1.165) is 25.7 Å². The van der Waals surface area contributed by atoms with E-state index < -0.39 is 22.4 Å². The van der Waals surface area contributed by atoms with Gasteiger partial charge in [0, 0.05) is 0 Å². The summed E-state index contributed by atoms with van der Waals surface area (Å²) in [7, 11) is 0. The Balaban J connectivity index is 2.41. The van der Waals surface area contributed by atoms with Gasteiger partial charge >= 0.3 is 5.97 Å². The van der Waals surface area contributed by atoms with E-state index in [1.54, 1.807) is 0 Å². The van der Waals surface area contributed by atoms with Gasteiger partial charge in [0.05, 0.1) is 28.3 Å². The average Bonchev–Trinajstić information content (AvgIpc) is 2.73. The van der Waals surface area contributed by atoms with Gasteiger partial charge in [-0.25, -0.2) is 0 Å². The van der Waals surface area contributed by atoms with Crippen molar-refractivity contribution >= 4 is 5.97 Å². The Morgan fingerprint density at radius 3 is 1.31 bits per heavy atom. The highest BCUT2D eigenvalue weighted by atomic mass is 16.5. The van der Waals surface area contributed by atoms with E-state index in [1.165, 1.54) is 0 Å². The van der Waals surface area contributed by atoms with Crippen molar-refractivity contribution in [1.29, 1.82) is 0 Å². The van der Waals surface area contributed by atoms with Gasteiger partial charge in [-0.3, -0.25) is 4.79 Å². The molecule has 0 radical (unpaired) electrons. The molecule has 6 nitrogen and oxygen atoms in total. The topological polar surface area (TPSA) is 107 Å². The summed E-state index contributed by atoms with van der Waals surface area (Å²) < 4.78 is 6.32. The molecule has 212 valence electrons. The van der Waals surface area contributed by atoms with E-state index in [9.17, 15) is 25.2 Å². The zero-order chi connectivity index (χ0) is 27.9. The van der Waals surface area contributed by atoms with Gasteiger partial charge in [0.25, 0.3) is 0 Å². The van der Waals surface area contributed by atoms with Crippen LogP contribution in [0.1, 0.15) is 114 Å². The van der Waals surface area contributed by atoms with Crippen molar-refractivity contribution < 1.29 is 30.0 Å². The summed E-state index contributed by atoms with van der Waals surface area (Å²) >= 11 is 0. The van der Waals surface area contributed by atoms with Crippen molar-refractivity contribution in [3.63, 3.8) is 0 Å². The highest BCUT2D eigenvalue weighted by Crippen LogP contribution is 2.51. The molecule has 0 heterocycles. The molecule has 0 amide bonds.